The number of nitrogens with two attached hydrogens (primary N) is 2. The molecule has 0 saturated heterocycles. The van der Waals surface area contributed by atoms with Crippen molar-refractivity contribution in [3.8, 4) is 0 Å². The van der Waals surface area contributed by atoms with Crippen LogP contribution in [0, 0.1) is 0 Å². The fourth-order valence-corrected chi connectivity index (χ4v) is 4.02. The maximum atomic E-state index is 13.3. The Morgan fingerprint density at radius 1 is 1.00 bits per heavy atom. The molecule has 1 aromatic carbocycles. The van der Waals surface area contributed by atoms with Crippen molar-refractivity contribution < 1.29 is 34.2 Å². The number of carboxylic acid groups (broad SMARTS) is 1. The van der Waals surface area contributed by atoms with Crippen LogP contribution in [-0.4, -0.2) is 87.6 Å². The van der Waals surface area contributed by atoms with Crippen LogP contribution < -0.4 is 27.4 Å². The van der Waals surface area contributed by atoms with Gasteiger partial charge in [-0.15, -0.1) is 0 Å². The first-order chi connectivity index (χ1) is 17.6. The van der Waals surface area contributed by atoms with Gasteiger partial charge in [-0.2, -0.15) is 11.8 Å². The second kappa shape index (κ2) is 14.2. The highest BCUT2D eigenvalue weighted by molar-refractivity contribution is 7.98. The van der Waals surface area contributed by atoms with E-state index in [2.05, 4.69) is 20.9 Å². The molecule has 0 radical (unpaired) electrons. The molecular formula is C23H32N6O7S. The summed E-state index contributed by atoms with van der Waals surface area (Å²) in [6, 6.07) is 2.17. The number of primary amides is 1. The number of H-pyrrole nitrogens is 1. The summed E-state index contributed by atoms with van der Waals surface area (Å²) in [6.07, 6.45) is 3.24. The largest absolute Gasteiger partial charge is 0.480 e. The van der Waals surface area contributed by atoms with Crippen LogP contribution in [0.5, 0.6) is 0 Å². The summed E-state index contributed by atoms with van der Waals surface area (Å²) >= 11 is 1.41. The van der Waals surface area contributed by atoms with Crippen LogP contribution in [0.3, 0.4) is 0 Å². The highest BCUT2D eigenvalue weighted by Crippen LogP contribution is 2.19. The van der Waals surface area contributed by atoms with Crippen LogP contribution in [-0.2, 0) is 30.4 Å². The first-order valence-electron chi connectivity index (χ1n) is 11.4. The average molecular weight is 537 g/mol. The lowest BCUT2D eigenvalue weighted by molar-refractivity contribution is -0.143. The van der Waals surface area contributed by atoms with Crippen LogP contribution in [0.15, 0.2) is 30.5 Å². The predicted molar refractivity (Wildman–Crippen MR) is 137 cm³/mol. The van der Waals surface area contributed by atoms with Crippen molar-refractivity contribution >= 4 is 52.3 Å². The van der Waals surface area contributed by atoms with Gasteiger partial charge in [-0.25, -0.2) is 4.79 Å². The number of thioether (sulfide) groups is 1. The summed E-state index contributed by atoms with van der Waals surface area (Å²) in [5, 5.41) is 26.5. The van der Waals surface area contributed by atoms with Gasteiger partial charge in [0.25, 0.3) is 0 Å². The summed E-state index contributed by atoms with van der Waals surface area (Å²) < 4.78 is 0. The molecule has 37 heavy (non-hydrogen) atoms. The number of amides is 4. The Morgan fingerprint density at radius 3 is 2.24 bits per heavy atom. The molecule has 0 aliphatic heterocycles. The first-order valence-corrected chi connectivity index (χ1v) is 12.8. The number of carbonyl (C=O) groups is 5. The number of carboxylic acids is 1. The second-order valence-corrected chi connectivity index (χ2v) is 9.31. The van der Waals surface area contributed by atoms with Crippen LogP contribution in [0.2, 0.25) is 0 Å². The van der Waals surface area contributed by atoms with Gasteiger partial charge >= 0.3 is 5.97 Å². The van der Waals surface area contributed by atoms with Crippen molar-refractivity contribution in [2.24, 2.45) is 11.5 Å². The number of benzene rings is 1. The predicted octanol–water partition coefficient (Wildman–Crippen LogP) is -1.80. The van der Waals surface area contributed by atoms with Crippen molar-refractivity contribution in [2.75, 3.05) is 18.6 Å². The zero-order valence-electron chi connectivity index (χ0n) is 20.2. The number of rotatable bonds is 15. The molecule has 0 aliphatic carbocycles. The Morgan fingerprint density at radius 2 is 1.62 bits per heavy atom. The SMILES string of the molecule is CSCCC(NC(=O)C(Cc1c[nH]c2ccccc12)NC(=O)C(N)CC(N)=O)C(=O)NC(CO)C(=O)O. The van der Waals surface area contributed by atoms with E-state index in [-0.39, 0.29) is 12.8 Å². The van der Waals surface area contributed by atoms with Crippen molar-refractivity contribution in [3.05, 3.63) is 36.0 Å². The van der Waals surface area contributed by atoms with E-state index in [1.54, 1.807) is 12.5 Å². The number of aliphatic hydroxyl groups is 1. The van der Waals surface area contributed by atoms with E-state index in [0.717, 1.165) is 10.9 Å². The zero-order valence-corrected chi connectivity index (χ0v) is 21.0. The smallest absolute Gasteiger partial charge is 0.328 e. The van der Waals surface area contributed by atoms with E-state index >= 15 is 0 Å². The molecular weight excluding hydrogens is 504 g/mol. The molecule has 4 amide bonds. The minimum atomic E-state index is -1.55. The van der Waals surface area contributed by atoms with Gasteiger partial charge in [-0.3, -0.25) is 19.2 Å². The van der Waals surface area contributed by atoms with Crippen molar-refractivity contribution in [1.29, 1.82) is 0 Å². The molecule has 0 spiro atoms. The van der Waals surface area contributed by atoms with Gasteiger partial charge in [0, 0.05) is 23.5 Å². The number of hydrogen-bond donors (Lipinski definition) is 8. The molecule has 202 valence electrons. The van der Waals surface area contributed by atoms with Gasteiger partial charge in [-0.1, -0.05) is 18.2 Å². The number of para-hydroxylation sites is 1. The number of nitrogens with one attached hydrogen (secondary N) is 4. The first kappa shape index (κ1) is 29.6. The van der Waals surface area contributed by atoms with E-state index in [9.17, 15) is 29.1 Å². The highest BCUT2D eigenvalue weighted by atomic mass is 32.2. The third-order valence-electron chi connectivity index (χ3n) is 5.53. The number of fused-ring (bicyclic) bond motifs is 1. The second-order valence-electron chi connectivity index (χ2n) is 8.33. The molecule has 1 heterocycles. The Labute approximate surface area is 217 Å². The van der Waals surface area contributed by atoms with Crippen LogP contribution in [0.25, 0.3) is 10.9 Å². The minimum Gasteiger partial charge on any atom is -0.480 e. The molecule has 13 nitrogen and oxygen atoms in total. The van der Waals surface area contributed by atoms with Crippen molar-refractivity contribution in [2.45, 2.75) is 43.4 Å². The molecule has 4 atom stereocenters. The third kappa shape index (κ3) is 8.77. The monoisotopic (exact) mass is 536 g/mol. The van der Waals surface area contributed by atoms with E-state index in [4.69, 9.17) is 16.6 Å². The summed E-state index contributed by atoms with van der Waals surface area (Å²) in [5.74, 6) is -4.06. The number of aromatic amines is 1. The topological polar surface area (TPSA) is 230 Å². The molecule has 10 N–H and O–H groups in total. The van der Waals surface area contributed by atoms with Gasteiger partial charge in [0.05, 0.1) is 19.1 Å². The summed E-state index contributed by atoms with van der Waals surface area (Å²) in [7, 11) is 0. The lowest BCUT2D eigenvalue weighted by Gasteiger charge is -2.25. The Balaban J connectivity index is 2.28. The fraction of sp³-hybridized carbons (Fsp3) is 0.435. The maximum Gasteiger partial charge on any atom is 0.328 e. The van der Waals surface area contributed by atoms with E-state index in [0.29, 0.717) is 11.3 Å². The molecule has 0 fully saturated rings. The average Bonchev–Trinajstić information content (AvgIpc) is 3.26. The normalized spacial score (nSPS) is 14.2. The molecule has 1 aromatic heterocycles. The van der Waals surface area contributed by atoms with Gasteiger partial charge in [0.1, 0.15) is 18.1 Å². The lowest BCUT2D eigenvalue weighted by atomic mass is 10.0. The van der Waals surface area contributed by atoms with Gasteiger partial charge in [0.15, 0.2) is 0 Å². The molecule has 14 heteroatoms. The van der Waals surface area contributed by atoms with Crippen LogP contribution in [0.1, 0.15) is 18.4 Å². The van der Waals surface area contributed by atoms with Crippen LogP contribution >= 0.6 is 11.8 Å². The molecule has 2 rings (SSSR count). The van der Waals surface area contributed by atoms with E-state index in [1.807, 2.05) is 24.3 Å². The maximum absolute atomic E-state index is 13.3. The molecule has 0 aliphatic rings. The number of carbonyl (C=O) groups excluding carboxylic acids is 4. The van der Waals surface area contributed by atoms with Crippen molar-refractivity contribution in [3.63, 3.8) is 0 Å². The van der Waals surface area contributed by atoms with Gasteiger partial charge in [0.2, 0.25) is 23.6 Å². The summed E-state index contributed by atoms with van der Waals surface area (Å²) in [4.78, 5) is 64.2. The highest BCUT2D eigenvalue weighted by Gasteiger charge is 2.31. The van der Waals surface area contributed by atoms with E-state index in [1.165, 1.54) is 11.8 Å². The zero-order chi connectivity index (χ0) is 27.5. The molecule has 4 unspecified atom stereocenters. The third-order valence-corrected chi connectivity index (χ3v) is 6.17. The Bertz CT molecular complexity index is 1120. The lowest BCUT2D eigenvalue weighted by Crippen LogP contribution is -2.58. The number of aromatic nitrogens is 1. The summed E-state index contributed by atoms with van der Waals surface area (Å²) in [5.41, 5.74) is 12.4. The summed E-state index contributed by atoms with van der Waals surface area (Å²) in [6.45, 7) is -0.832. The number of hydrogen-bond acceptors (Lipinski definition) is 8. The Hall–Kier alpha value is -3.62. The fourth-order valence-electron chi connectivity index (χ4n) is 3.55. The van der Waals surface area contributed by atoms with Gasteiger partial charge in [-0.05, 0) is 30.1 Å². The van der Waals surface area contributed by atoms with Gasteiger partial charge < -0.3 is 42.6 Å². The molecule has 0 saturated carbocycles. The number of aliphatic hydroxyl groups excluding tert-OH is 1. The quantitative estimate of drug-likeness (QED) is 0.128. The van der Waals surface area contributed by atoms with Crippen molar-refractivity contribution in [1.82, 2.24) is 20.9 Å². The standard InChI is InChI=1S/C23H32N6O7S/c1-37-7-6-16(21(33)29-18(11-30)23(35)36)27-22(34)17(28-20(32)14(24)9-19(25)31)8-12-10-26-15-5-3-2-4-13(12)15/h2-5,10,14,16-18,26,30H,6-9,11,24H2,1H3,(H2,25,31)(H,27,34)(H,28,32)(H,29,33)(H,35,36). The van der Waals surface area contributed by atoms with Crippen LogP contribution in [0.4, 0.5) is 0 Å². The molecule has 0 bridgehead atoms. The Kier molecular flexibility index (Phi) is 11.4. The van der Waals surface area contributed by atoms with E-state index < -0.39 is 66.8 Å². The minimum absolute atomic E-state index is 0.0239. The number of aliphatic carboxylic acids is 1. The molecule has 2 aromatic rings.